The molecule has 1 aromatic rings. The molecule has 0 heterocycles. The molecule has 0 radical (unpaired) electrons. The van der Waals surface area contributed by atoms with E-state index in [4.69, 9.17) is 15.4 Å². The van der Waals surface area contributed by atoms with E-state index < -0.39 is 5.97 Å². The van der Waals surface area contributed by atoms with Crippen molar-refractivity contribution in [2.75, 3.05) is 7.11 Å². The van der Waals surface area contributed by atoms with Crippen molar-refractivity contribution in [3.63, 3.8) is 0 Å². The average molecular weight is 219 g/mol. The lowest BCUT2D eigenvalue weighted by Gasteiger charge is -2.03. The number of hydrogen-bond donors (Lipinski definition) is 1. The predicted octanol–water partition coefficient (Wildman–Crippen LogP) is 2.43. The highest BCUT2D eigenvalue weighted by Crippen LogP contribution is 2.20. The van der Waals surface area contributed by atoms with Gasteiger partial charge in [0.05, 0.1) is 7.11 Å². The van der Waals surface area contributed by atoms with Crippen LogP contribution in [0.15, 0.2) is 35.1 Å². The molecule has 0 saturated carbocycles. The molecule has 1 aromatic carbocycles. The van der Waals surface area contributed by atoms with Crippen LogP contribution in [-0.4, -0.2) is 18.2 Å². The number of methoxy groups -OCH3 is 1. The smallest absolute Gasteiger partial charge is 0.338 e. The molecule has 0 amide bonds. The number of para-hydroxylation sites is 1. The molecule has 0 atom stereocenters. The maximum absolute atomic E-state index is 10.7. The van der Waals surface area contributed by atoms with E-state index in [1.807, 2.05) is 0 Å². The average Bonchev–Trinajstić information content (AvgIpc) is 2.29. The van der Waals surface area contributed by atoms with Crippen molar-refractivity contribution in [3.05, 3.63) is 46.0 Å². The fourth-order valence-electron chi connectivity index (χ4n) is 1.11. The summed E-state index contributed by atoms with van der Waals surface area (Å²) in [6.07, 6.45) is 1.25. The SMILES string of the molecule is COc1ccccc1C=C(N=[N+]=[N-])C(=O)O. The topological polar surface area (TPSA) is 95.3 Å². The Morgan fingerprint density at radius 1 is 1.56 bits per heavy atom. The van der Waals surface area contributed by atoms with Crippen molar-refractivity contribution >= 4 is 12.0 Å². The summed E-state index contributed by atoms with van der Waals surface area (Å²) >= 11 is 0. The molecular weight excluding hydrogens is 210 g/mol. The number of nitrogens with zero attached hydrogens (tertiary/aromatic N) is 3. The largest absolute Gasteiger partial charge is 0.496 e. The highest BCUT2D eigenvalue weighted by molar-refractivity contribution is 5.92. The number of azide groups is 1. The van der Waals surface area contributed by atoms with Crippen molar-refractivity contribution in [1.82, 2.24) is 0 Å². The molecule has 0 fully saturated rings. The summed E-state index contributed by atoms with van der Waals surface area (Å²) in [6.45, 7) is 0. The van der Waals surface area contributed by atoms with Gasteiger partial charge < -0.3 is 9.84 Å². The second-order valence-corrected chi connectivity index (χ2v) is 2.77. The molecule has 16 heavy (non-hydrogen) atoms. The summed E-state index contributed by atoms with van der Waals surface area (Å²) in [4.78, 5) is 13.2. The molecule has 6 heteroatoms. The van der Waals surface area contributed by atoms with Gasteiger partial charge in [-0.05, 0) is 17.7 Å². The van der Waals surface area contributed by atoms with E-state index in [-0.39, 0.29) is 5.70 Å². The van der Waals surface area contributed by atoms with Crippen LogP contribution in [0.5, 0.6) is 5.75 Å². The monoisotopic (exact) mass is 219 g/mol. The Kier molecular flexibility index (Phi) is 3.94. The maximum Gasteiger partial charge on any atom is 0.338 e. The lowest BCUT2D eigenvalue weighted by Crippen LogP contribution is -1.97. The Labute approximate surface area is 91.4 Å². The first-order valence-corrected chi connectivity index (χ1v) is 4.32. The van der Waals surface area contributed by atoms with E-state index >= 15 is 0 Å². The lowest BCUT2D eigenvalue weighted by atomic mass is 10.1. The molecule has 0 spiro atoms. The number of carboxylic acid groups (broad SMARTS) is 1. The maximum atomic E-state index is 10.7. The molecule has 0 bridgehead atoms. The van der Waals surface area contributed by atoms with Crippen molar-refractivity contribution in [2.24, 2.45) is 5.11 Å². The van der Waals surface area contributed by atoms with E-state index in [0.29, 0.717) is 11.3 Å². The van der Waals surface area contributed by atoms with Gasteiger partial charge in [0.2, 0.25) is 0 Å². The minimum absolute atomic E-state index is 0.382. The first-order chi connectivity index (χ1) is 7.69. The summed E-state index contributed by atoms with van der Waals surface area (Å²) in [5.41, 5.74) is 8.37. The number of ether oxygens (including phenoxy) is 1. The first kappa shape index (κ1) is 11.6. The Hall–Kier alpha value is -2.46. The van der Waals surface area contributed by atoms with E-state index in [1.54, 1.807) is 24.3 Å². The fourth-order valence-corrected chi connectivity index (χ4v) is 1.11. The summed E-state index contributed by atoms with van der Waals surface area (Å²) in [6, 6.07) is 6.82. The molecule has 0 aliphatic heterocycles. The van der Waals surface area contributed by atoms with Crippen LogP contribution >= 0.6 is 0 Å². The zero-order chi connectivity index (χ0) is 12.0. The molecule has 1 N–H and O–H groups in total. The first-order valence-electron chi connectivity index (χ1n) is 4.32. The van der Waals surface area contributed by atoms with Crippen LogP contribution in [0, 0.1) is 0 Å². The molecule has 6 nitrogen and oxygen atoms in total. The van der Waals surface area contributed by atoms with Crippen molar-refractivity contribution in [3.8, 4) is 5.75 Å². The van der Waals surface area contributed by atoms with Crippen LogP contribution in [0.25, 0.3) is 16.5 Å². The van der Waals surface area contributed by atoms with Crippen LogP contribution in [0.3, 0.4) is 0 Å². The third kappa shape index (κ3) is 2.76. The zero-order valence-electron chi connectivity index (χ0n) is 8.49. The molecule has 1 rings (SSSR count). The fraction of sp³-hybridized carbons (Fsp3) is 0.100. The van der Waals surface area contributed by atoms with Crippen molar-refractivity contribution in [2.45, 2.75) is 0 Å². The Balaban J connectivity index is 3.22. The van der Waals surface area contributed by atoms with Crippen LogP contribution in [0.2, 0.25) is 0 Å². The third-order valence-electron chi connectivity index (χ3n) is 1.80. The second kappa shape index (κ2) is 5.43. The van der Waals surface area contributed by atoms with E-state index in [2.05, 4.69) is 10.0 Å². The number of rotatable bonds is 4. The van der Waals surface area contributed by atoms with E-state index in [1.165, 1.54) is 13.2 Å². The van der Waals surface area contributed by atoms with Crippen LogP contribution in [0.4, 0.5) is 0 Å². The highest BCUT2D eigenvalue weighted by atomic mass is 16.5. The van der Waals surface area contributed by atoms with Gasteiger partial charge in [-0.15, -0.1) is 0 Å². The summed E-state index contributed by atoms with van der Waals surface area (Å²) < 4.78 is 5.03. The molecule has 0 saturated heterocycles. The van der Waals surface area contributed by atoms with Gasteiger partial charge >= 0.3 is 5.97 Å². The van der Waals surface area contributed by atoms with Crippen molar-refractivity contribution < 1.29 is 14.6 Å². The molecule has 0 aliphatic rings. The summed E-state index contributed by atoms with van der Waals surface area (Å²) in [5.74, 6) is -0.780. The Morgan fingerprint density at radius 3 is 2.81 bits per heavy atom. The number of carbonyl (C=O) groups is 1. The summed E-state index contributed by atoms with van der Waals surface area (Å²) in [7, 11) is 1.47. The minimum Gasteiger partial charge on any atom is -0.496 e. The van der Waals surface area contributed by atoms with E-state index in [0.717, 1.165) is 0 Å². The van der Waals surface area contributed by atoms with Crippen LogP contribution in [-0.2, 0) is 4.79 Å². The van der Waals surface area contributed by atoms with Gasteiger partial charge in [0.15, 0.2) is 0 Å². The number of aliphatic carboxylic acids is 1. The van der Waals surface area contributed by atoms with Gasteiger partial charge in [0.1, 0.15) is 11.4 Å². The van der Waals surface area contributed by atoms with Crippen molar-refractivity contribution in [1.29, 1.82) is 0 Å². The zero-order valence-corrected chi connectivity index (χ0v) is 8.49. The summed E-state index contributed by atoms with van der Waals surface area (Å²) in [5, 5.41) is 11.8. The lowest BCUT2D eigenvalue weighted by molar-refractivity contribution is -0.132. The van der Waals surface area contributed by atoms with Gasteiger partial charge in [-0.1, -0.05) is 23.3 Å². The predicted molar refractivity (Wildman–Crippen MR) is 57.8 cm³/mol. The molecule has 0 unspecified atom stereocenters. The van der Waals surface area contributed by atoms with Gasteiger partial charge in [-0.3, -0.25) is 0 Å². The van der Waals surface area contributed by atoms with Gasteiger partial charge in [-0.2, -0.15) is 0 Å². The van der Waals surface area contributed by atoms with E-state index in [9.17, 15) is 4.79 Å². The quantitative estimate of drug-likeness (QED) is 0.364. The number of hydrogen-bond acceptors (Lipinski definition) is 3. The molecule has 0 aromatic heterocycles. The van der Waals surface area contributed by atoms with Gasteiger partial charge in [-0.25, -0.2) is 4.79 Å². The van der Waals surface area contributed by atoms with Gasteiger partial charge in [0, 0.05) is 10.5 Å². The molecular formula is C10H9N3O3. The standard InChI is InChI=1S/C10H9N3O3/c1-16-9-5-3-2-4-7(9)6-8(10(14)15)12-13-11/h2-6H,1H3,(H,14,15). The minimum atomic E-state index is -1.29. The normalized spacial score (nSPS) is 10.4. The van der Waals surface area contributed by atoms with Gasteiger partial charge in [0.25, 0.3) is 0 Å². The molecule has 82 valence electrons. The highest BCUT2D eigenvalue weighted by Gasteiger charge is 2.06. The number of carboxylic acids is 1. The van der Waals surface area contributed by atoms with Crippen LogP contribution in [0.1, 0.15) is 5.56 Å². The Bertz CT molecular complexity index is 472. The third-order valence-corrected chi connectivity index (χ3v) is 1.80. The second-order valence-electron chi connectivity index (χ2n) is 2.77. The number of benzene rings is 1. The Morgan fingerprint density at radius 2 is 2.25 bits per heavy atom. The van der Waals surface area contributed by atoms with Crippen LogP contribution < -0.4 is 4.74 Å². The molecule has 0 aliphatic carbocycles.